The number of hydrogen-bond acceptors (Lipinski definition) is 5. The van der Waals surface area contributed by atoms with Gasteiger partial charge in [0.2, 0.25) is 0 Å². The van der Waals surface area contributed by atoms with E-state index in [0.29, 0.717) is 28.0 Å². The van der Waals surface area contributed by atoms with Crippen LogP contribution in [0.3, 0.4) is 0 Å². The second-order valence-corrected chi connectivity index (χ2v) is 6.80. The van der Waals surface area contributed by atoms with E-state index in [0.717, 1.165) is 30.6 Å². The maximum absolute atomic E-state index is 11.5. The first kappa shape index (κ1) is 19.4. The molecule has 27 heavy (non-hydrogen) atoms. The van der Waals surface area contributed by atoms with E-state index < -0.39 is 6.16 Å². The van der Waals surface area contributed by atoms with Crippen LogP contribution >= 0.6 is 11.6 Å². The third-order valence-corrected chi connectivity index (χ3v) is 4.97. The molecular weight excluding hydrogens is 368 g/mol. The number of carbonyl (C=O) groups excluding carboxylic acids is 1. The molecule has 0 N–H and O–H groups in total. The smallest absolute Gasteiger partial charge is 0.496 e. The minimum Gasteiger partial charge on any atom is -0.496 e. The van der Waals surface area contributed by atoms with Gasteiger partial charge in [0.15, 0.2) is 0 Å². The van der Waals surface area contributed by atoms with Crippen molar-refractivity contribution in [2.24, 2.45) is 0 Å². The summed E-state index contributed by atoms with van der Waals surface area (Å²) in [7, 11) is 2.82. The second kappa shape index (κ2) is 8.53. The van der Waals surface area contributed by atoms with E-state index in [2.05, 4.69) is 17.7 Å². The number of ether oxygens (including phenoxy) is 4. The van der Waals surface area contributed by atoms with Crippen LogP contribution in [0.2, 0.25) is 5.02 Å². The summed E-state index contributed by atoms with van der Waals surface area (Å²) < 4.78 is 21.3. The Kier molecular flexibility index (Phi) is 6.11. The fraction of sp³-hybridized carbons (Fsp3) is 0.381. The molecule has 0 radical (unpaired) electrons. The summed E-state index contributed by atoms with van der Waals surface area (Å²) in [5, 5.41) is 0.697. The van der Waals surface area contributed by atoms with Gasteiger partial charge in [0, 0.05) is 5.02 Å². The van der Waals surface area contributed by atoms with E-state index in [4.69, 9.17) is 25.8 Å². The number of aryl methyl sites for hydroxylation is 1. The first-order chi connectivity index (χ1) is 13.1. The van der Waals surface area contributed by atoms with Crippen LogP contribution in [-0.4, -0.2) is 20.4 Å². The number of hydrogen-bond donors (Lipinski definition) is 0. The minimum atomic E-state index is -0.793. The van der Waals surface area contributed by atoms with Gasteiger partial charge >= 0.3 is 6.16 Å². The first-order valence-corrected chi connectivity index (χ1v) is 9.31. The van der Waals surface area contributed by atoms with Crippen LogP contribution in [0.25, 0.3) is 0 Å². The Morgan fingerprint density at radius 1 is 1.15 bits per heavy atom. The zero-order valence-electron chi connectivity index (χ0n) is 15.7. The Morgan fingerprint density at radius 2 is 1.89 bits per heavy atom. The van der Waals surface area contributed by atoms with Crippen molar-refractivity contribution in [3.05, 3.63) is 52.0 Å². The summed E-state index contributed by atoms with van der Waals surface area (Å²) in [6, 6.07) is 9.22. The quantitative estimate of drug-likeness (QED) is 0.460. The summed E-state index contributed by atoms with van der Waals surface area (Å²) in [5.74, 6) is 2.19. The van der Waals surface area contributed by atoms with Gasteiger partial charge in [0.05, 0.1) is 19.8 Å². The molecule has 1 aliphatic rings. The topological polar surface area (TPSA) is 54.0 Å². The normalized spacial score (nSPS) is 13.2. The molecule has 144 valence electrons. The molecule has 1 saturated carbocycles. The average molecular weight is 391 g/mol. The lowest BCUT2D eigenvalue weighted by Gasteiger charge is -2.17. The van der Waals surface area contributed by atoms with E-state index in [1.165, 1.54) is 12.7 Å². The molecule has 1 fully saturated rings. The molecule has 5 nitrogen and oxygen atoms in total. The molecule has 0 aliphatic heterocycles. The molecular formula is C21H23ClO5. The van der Waals surface area contributed by atoms with E-state index >= 15 is 0 Å². The predicted molar refractivity (Wildman–Crippen MR) is 103 cm³/mol. The molecule has 0 saturated heterocycles. The molecule has 0 heterocycles. The van der Waals surface area contributed by atoms with Crippen LogP contribution in [-0.2, 0) is 17.8 Å². The number of benzene rings is 2. The van der Waals surface area contributed by atoms with Crippen LogP contribution in [0.4, 0.5) is 4.79 Å². The van der Waals surface area contributed by atoms with Crippen LogP contribution < -0.4 is 14.2 Å². The summed E-state index contributed by atoms with van der Waals surface area (Å²) in [6.45, 7) is 2.27. The molecule has 2 aromatic rings. The highest BCUT2D eigenvalue weighted by Gasteiger charge is 2.28. The largest absolute Gasteiger partial charge is 0.513 e. The van der Waals surface area contributed by atoms with Gasteiger partial charge in [-0.3, -0.25) is 0 Å². The second-order valence-electron chi connectivity index (χ2n) is 6.39. The molecule has 0 atom stereocenters. The lowest BCUT2D eigenvalue weighted by atomic mass is 10.0. The first-order valence-electron chi connectivity index (χ1n) is 8.94. The minimum absolute atomic E-state index is 0.178. The van der Waals surface area contributed by atoms with Crippen molar-refractivity contribution in [1.29, 1.82) is 0 Å². The van der Waals surface area contributed by atoms with E-state index in [9.17, 15) is 4.79 Å². The number of carbonyl (C=O) groups is 1. The highest BCUT2D eigenvalue weighted by Crippen LogP contribution is 2.46. The molecule has 2 aromatic carbocycles. The highest BCUT2D eigenvalue weighted by atomic mass is 35.5. The van der Waals surface area contributed by atoms with Crippen molar-refractivity contribution in [1.82, 2.24) is 0 Å². The maximum atomic E-state index is 11.5. The van der Waals surface area contributed by atoms with E-state index in [1.54, 1.807) is 25.3 Å². The van der Waals surface area contributed by atoms with Gasteiger partial charge in [0.1, 0.15) is 23.9 Å². The van der Waals surface area contributed by atoms with Crippen molar-refractivity contribution in [3.63, 3.8) is 0 Å². The third-order valence-electron chi connectivity index (χ3n) is 4.62. The predicted octanol–water partition coefficient (Wildman–Crippen LogP) is 5.51. The van der Waals surface area contributed by atoms with Crippen molar-refractivity contribution >= 4 is 17.8 Å². The fourth-order valence-corrected chi connectivity index (χ4v) is 3.27. The standard InChI is InChI=1S/C21H23ClO5/c1-4-13-10-15(14-8-9-14)20(11-17(13)22)26-12-16-18(24-2)6-5-7-19(16)27-21(23)25-3/h5-7,10-11,14H,4,8-9,12H2,1-3H3. The maximum Gasteiger partial charge on any atom is 0.513 e. The Hall–Kier alpha value is -2.40. The summed E-state index contributed by atoms with van der Waals surface area (Å²) in [5.41, 5.74) is 2.93. The molecule has 0 bridgehead atoms. The summed E-state index contributed by atoms with van der Waals surface area (Å²) >= 11 is 6.40. The molecule has 6 heteroatoms. The fourth-order valence-electron chi connectivity index (χ4n) is 2.98. The van der Waals surface area contributed by atoms with Crippen molar-refractivity contribution in [3.8, 4) is 17.2 Å². The SMILES string of the molecule is CCc1cc(C2CC2)c(OCc2c(OC)cccc2OC(=O)OC)cc1Cl. The number of halogens is 1. The molecule has 3 rings (SSSR count). The van der Waals surface area contributed by atoms with Gasteiger partial charge < -0.3 is 18.9 Å². The third kappa shape index (κ3) is 4.48. The van der Waals surface area contributed by atoms with Gasteiger partial charge in [0.25, 0.3) is 0 Å². The molecule has 1 aliphatic carbocycles. The van der Waals surface area contributed by atoms with Crippen LogP contribution in [0.1, 0.15) is 42.4 Å². The number of rotatable bonds is 7. The highest BCUT2D eigenvalue weighted by molar-refractivity contribution is 6.31. The van der Waals surface area contributed by atoms with Crippen molar-refractivity contribution in [2.45, 2.75) is 38.7 Å². The lowest BCUT2D eigenvalue weighted by Crippen LogP contribution is -2.11. The van der Waals surface area contributed by atoms with Gasteiger partial charge in [-0.2, -0.15) is 0 Å². The lowest BCUT2D eigenvalue weighted by molar-refractivity contribution is 0.120. The van der Waals surface area contributed by atoms with E-state index in [1.807, 2.05) is 6.07 Å². The molecule has 0 amide bonds. The van der Waals surface area contributed by atoms with Crippen LogP contribution in [0, 0.1) is 0 Å². The Bertz CT molecular complexity index is 830. The number of methoxy groups -OCH3 is 2. The summed E-state index contributed by atoms with van der Waals surface area (Å²) in [6.07, 6.45) is 2.40. The Labute approximate surface area is 164 Å². The monoisotopic (exact) mass is 390 g/mol. The van der Waals surface area contributed by atoms with Gasteiger partial charge in [-0.1, -0.05) is 30.7 Å². The van der Waals surface area contributed by atoms with Crippen molar-refractivity contribution in [2.75, 3.05) is 14.2 Å². The average Bonchev–Trinajstić information content (AvgIpc) is 3.51. The molecule has 0 aromatic heterocycles. The van der Waals surface area contributed by atoms with Gasteiger partial charge in [-0.15, -0.1) is 0 Å². The van der Waals surface area contributed by atoms with Crippen molar-refractivity contribution < 1.29 is 23.7 Å². The molecule has 0 unspecified atom stereocenters. The van der Waals surface area contributed by atoms with Gasteiger partial charge in [-0.05, 0) is 54.5 Å². The Balaban J connectivity index is 1.88. The van der Waals surface area contributed by atoms with Crippen LogP contribution in [0.15, 0.2) is 30.3 Å². The molecule has 0 spiro atoms. The van der Waals surface area contributed by atoms with Crippen LogP contribution in [0.5, 0.6) is 17.2 Å². The van der Waals surface area contributed by atoms with E-state index in [-0.39, 0.29) is 6.61 Å². The zero-order valence-corrected chi connectivity index (χ0v) is 16.5. The summed E-state index contributed by atoms with van der Waals surface area (Å²) in [4.78, 5) is 11.5. The Morgan fingerprint density at radius 3 is 2.52 bits per heavy atom. The zero-order chi connectivity index (χ0) is 19.4. The van der Waals surface area contributed by atoms with Gasteiger partial charge in [-0.25, -0.2) is 4.79 Å².